The van der Waals surface area contributed by atoms with E-state index >= 15 is 0 Å². The zero-order chi connectivity index (χ0) is 95.1. The molecule has 4 aliphatic carbocycles. The van der Waals surface area contributed by atoms with Crippen molar-refractivity contribution < 1.29 is 186 Å². The summed E-state index contributed by atoms with van der Waals surface area (Å²) in [6.45, 7) is 19.0. The van der Waals surface area contributed by atoms with Gasteiger partial charge in [0.25, 0.3) is 21.8 Å². The number of hydrogen-bond donors (Lipinski definition) is 8. The van der Waals surface area contributed by atoms with Crippen LogP contribution in [0.5, 0.6) is 0 Å². The summed E-state index contributed by atoms with van der Waals surface area (Å²) in [5.74, 6) is -2.58. The summed E-state index contributed by atoms with van der Waals surface area (Å²) in [5, 5.41) is 39.6. The number of aliphatic hydroxyl groups excluding tert-OH is 1. The standard InChI is InChI=1S/C25H36N5O8PS.C14H16N4O3S.C12H22NO5P.C12H23O6P.C7H12O3.C6H12F3O6PS.CH4.Na.H/c1-4-36-39(33,37-5-2)38-21-10-8-20(9-11-21)29-25(32)30-40(34,35)22-12-6-19(7-13-22)14-15-26-24(31)23-17-27-18(3)16-28-23;1-10-8-18-13(9-17-10)14(19)16-7-6-11-2-4-12(5-3-11)22(15,20)21;1-3-17-19(15,18-4-2)10-16-12-7-5-11(6-8-12)13-9-14;1-3-17-19(15,18-4-2)9-16-11-7-5-10(6-8-11)12(13)14;8-6-3-1-5(2-4-6)7(9)10;1-3-13-16(10,14-4-2)5-15-17(11,12)6(7,8)9;;;/h6-7,12-13,16-17,20-21H,4-5,8-11,14-15H2,1-3H3,(H,26,31)(H2,29,30,32);2-5,8-9H,6-7H2,1H3,(H,16,19)(H2,15,20,21);11-12H,3-8,10H2,1-2H3;10-11H,3-9H2,1-2H3,(H,13,14);5-6,8H,1-4H2,(H,9,10);3-5H2,1-2H3;1H4;;/q;;;;;;;+1;-1. The number of primary sulfonamides is 1. The van der Waals surface area contributed by atoms with E-state index in [2.05, 4.69) is 54.1 Å². The predicted molar refractivity (Wildman–Crippen MR) is 463 cm³/mol. The van der Waals surface area contributed by atoms with E-state index in [0.717, 1.165) is 42.5 Å². The second kappa shape index (κ2) is 61.9. The first kappa shape index (κ1) is 121. The van der Waals surface area contributed by atoms with Gasteiger partial charge in [0.2, 0.25) is 16.1 Å². The Bertz CT molecular complexity index is 4510. The summed E-state index contributed by atoms with van der Waals surface area (Å²) in [5.41, 5.74) is -1.95. The van der Waals surface area contributed by atoms with Gasteiger partial charge < -0.3 is 69.3 Å². The van der Waals surface area contributed by atoms with E-state index in [-0.39, 0.29) is 159 Å². The number of urea groups is 1. The quantitative estimate of drug-likeness (QED) is 0.00510. The number of nitrogens with one attached hydrogen (secondary N) is 4. The van der Waals surface area contributed by atoms with E-state index in [4.69, 9.17) is 61.6 Å². The summed E-state index contributed by atoms with van der Waals surface area (Å²) >= 11 is 0. The number of nitrogens with zero attached hydrogens (tertiary/aromatic N) is 5. The number of aliphatic imine (C=N–C) groups is 1. The van der Waals surface area contributed by atoms with Gasteiger partial charge in [0, 0.05) is 31.5 Å². The second-order valence-corrected chi connectivity index (χ2v) is 40.7. The van der Waals surface area contributed by atoms with Crippen LogP contribution < -0.4 is 55.4 Å². The zero-order valence-corrected chi connectivity index (χ0v) is 81.7. The molecule has 4 saturated carbocycles. The third kappa shape index (κ3) is 48.2. The fourth-order valence-electron chi connectivity index (χ4n) is 12.2. The van der Waals surface area contributed by atoms with Crippen LogP contribution in [-0.4, -0.2) is 223 Å². The zero-order valence-electron chi connectivity index (χ0n) is 74.7. The summed E-state index contributed by atoms with van der Waals surface area (Å²) in [4.78, 5) is 87.5. The largest absolute Gasteiger partial charge is 1.00 e. The number of hydrogen-bond acceptors (Lipinski definition) is 34. The Morgan fingerprint density at radius 2 is 0.876 bits per heavy atom. The number of sulfonamides is 2. The van der Waals surface area contributed by atoms with Crippen LogP contribution >= 0.6 is 30.6 Å². The molecule has 2 aromatic heterocycles. The Hall–Kier alpha value is -5.87. The number of amides is 4. The molecule has 730 valence electrons. The van der Waals surface area contributed by atoms with Crippen molar-refractivity contribution in [2.24, 2.45) is 22.0 Å². The molecule has 9 N–H and O–H groups in total. The van der Waals surface area contributed by atoms with Gasteiger partial charge in [0.1, 0.15) is 24.1 Å². The van der Waals surface area contributed by atoms with Gasteiger partial charge in [-0.15, -0.1) is 0 Å². The molecular formula is C77H126F3N10NaO31P4S3. The number of aryl methyl sites for hydroxylation is 2. The number of benzene rings is 2. The maximum absolute atomic E-state index is 12.7. The van der Waals surface area contributed by atoms with Gasteiger partial charge in [-0.05, 0) is 220 Å². The maximum atomic E-state index is 12.7. The monoisotopic (exact) mass is 1990 g/mol. The number of aliphatic carboxylic acids is 2. The maximum Gasteiger partial charge on any atom is 1.00 e. The molecule has 0 radical (unpaired) electrons. The number of carboxylic acid groups (broad SMARTS) is 2. The van der Waals surface area contributed by atoms with E-state index in [0.29, 0.717) is 135 Å². The van der Waals surface area contributed by atoms with Crippen molar-refractivity contribution >= 4 is 96.6 Å². The molecule has 0 aliphatic heterocycles. The summed E-state index contributed by atoms with van der Waals surface area (Å²) in [6, 6.07) is 11.2. The van der Waals surface area contributed by atoms with Crippen molar-refractivity contribution in [2.75, 3.05) is 85.0 Å². The van der Waals surface area contributed by atoms with Gasteiger partial charge in [-0.2, -0.15) is 21.6 Å². The van der Waals surface area contributed by atoms with Gasteiger partial charge in [-0.25, -0.2) is 55.8 Å². The molecular weight excluding hydrogens is 1860 g/mol. The number of alkyl halides is 3. The number of halogens is 3. The number of nitrogens with two attached hydrogens (primary N) is 1. The third-order valence-corrected chi connectivity index (χ3v) is 28.9. The molecule has 0 spiro atoms. The fraction of sp³-hybridized carbons (Fsp3) is 0.662. The van der Waals surface area contributed by atoms with Gasteiger partial charge in [0.15, 0.2) is 6.35 Å². The van der Waals surface area contributed by atoms with Gasteiger partial charge in [0.05, 0.1) is 129 Å². The third-order valence-electron chi connectivity index (χ3n) is 18.5. The fourth-order valence-corrected chi connectivity index (χ4v) is 20.0. The van der Waals surface area contributed by atoms with Crippen LogP contribution in [0.2, 0.25) is 0 Å². The number of aromatic nitrogens is 4. The van der Waals surface area contributed by atoms with Crippen molar-refractivity contribution in [2.45, 2.75) is 244 Å². The molecule has 0 atom stereocenters. The van der Waals surface area contributed by atoms with Crippen molar-refractivity contribution in [3.8, 4) is 0 Å². The van der Waals surface area contributed by atoms with Gasteiger partial charge in [-0.1, -0.05) is 31.7 Å². The molecule has 4 aliphatic rings. The molecule has 0 saturated heterocycles. The topological polar surface area (TPSA) is 583 Å². The summed E-state index contributed by atoms with van der Waals surface area (Å²) in [6.07, 6.45) is 16.8. The molecule has 4 amide bonds. The number of isocyanates is 1. The minimum Gasteiger partial charge on any atom is -1.00 e. The number of phosphoric ester groups is 1. The number of ether oxygens (including phenoxy) is 2. The van der Waals surface area contributed by atoms with Crippen molar-refractivity contribution in [3.05, 3.63) is 107 Å². The number of carbonyl (C=O) groups is 5. The van der Waals surface area contributed by atoms with Crippen LogP contribution in [0.25, 0.3) is 0 Å². The SMILES string of the molecule is C.CCOP(=O)(COC1CCC(C(=O)O)CC1)OCC.CCOP(=O)(COC1CCC(N=C=O)CC1)OCC.CCOP(=O)(COS(=O)(=O)C(F)(F)F)OCC.CCOP(=O)(OCC)OC1CCC(NC(=O)NS(=O)(=O)c2ccc(CCNC(=O)c3cnc(C)cn3)cc2)CC1.Cc1cnc(C(=O)NCCc2ccc(S(N)(=O)=O)cc2)cn1.O=C(O)C1CCC(O)CC1.[H-].[Na+]. The summed E-state index contributed by atoms with van der Waals surface area (Å²) in [7, 11) is -27.5. The Labute approximate surface area is 776 Å². The molecule has 129 heavy (non-hydrogen) atoms. The smallest absolute Gasteiger partial charge is 1.00 e. The number of carbonyl (C=O) groups excluding carboxylic acids is 4. The van der Waals surface area contributed by atoms with Crippen molar-refractivity contribution in [1.29, 1.82) is 0 Å². The Balaban J connectivity index is 0.00000161. The van der Waals surface area contributed by atoms with Crippen LogP contribution in [-0.2, 0) is 130 Å². The first-order chi connectivity index (χ1) is 59.8. The first-order valence-corrected chi connectivity index (χ1v) is 52.2. The number of rotatable bonds is 42. The Morgan fingerprint density at radius 1 is 0.519 bits per heavy atom. The molecule has 52 heteroatoms. The number of phosphoric acid groups is 1. The van der Waals surface area contributed by atoms with E-state index in [1.54, 1.807) is 85.7 Å². The normalized spacial score (nSPS) is 18.9. The minimum absolute atomic E-state index is 0. The van der Waals surface area contributed by atoms with Gasteiger partial charge >= 0.3 is 93.8 Å². The minimum atomic E-state index is -5.80. The molecule has 0 bridgehead atoms. The van der Waals surface area contributed by atoms with Crippen LogP contribution in [0.3, 0.4) is 0 Å². The molecule has 2 heterocycles. The predicted octanol–water partition coefficient (Wildman–Crippen LogP) is 9.85. The summed E-state index contributed by atoms with van der Waals surface area (Å²) < 4.78 is 215. The first-order valence-electron chi connectivity index (χ1n) is 41.1. The molecule has 41 nitrogen and oxygen atoms in total. The van der Waals surface area contributed by atoms with Crippen LogP contribution in [0.15, 0.2) is 88.1 Å². The molecule has 8 rings (SSSR count). The number of aliphatic hydroxyl groups is 1. The average Bonchev–Trinajstić information content (AvgIpc) is 0.832. The van der Waals surface area contributed by atoms with Crippen LogP contribution in [0, 0.1) is 25.7 Å². The average molecular weight is 1990 g/mol. The van der Waals surface area contributed by atoms with E-state index in [1.807, 2.05) is 4.72 Å². The Kier molecular flexibility index (Phi) is 58.1. The molecule has 4 fully saturated rings. The van der Waals surface area contributed by atoms with E-state index in [9.17, 15) is 85.5 Å². The molecule has 4 aromatic rings. The van der Waals surface area contributed by atoms with Crippen molar-refractivity contribution in [3.63, 3.8) is 0 Å². The number of carboxylic acids is 2. The van der Waals surface area contributed by atoms with Crippen LogP contribution in [0.1, 0.15) is 210 Å². The van der Waals surface area contributed by atoms with E-state index < -0.39 is 90.6 Å². The molecule has 2 aromatic carbocycles. The van der Waals surface area contributed by atoms with Crippen molar-refractivity contribution in [1.82, 2.24) is 40.6 Å². The Morgan fingerprint density at radius 3 is 1.22 bits per heavy atom. The second-order valence-electron chi connectivity index (χ2n) is 28.3. The van der Waals surface area contributed by atoms with Gasteiger partial charge in [-0.3, -0.25) is 60.6 Å². The van der Waals surface area contributed by atoms with E-state index in [1.165, 1.54) is 62.9 Å². The molecule has 0 unspecified atom stereocenters. The van der Waals surface area contributed by atoms with Crippen LogP contribution in [0.4, 0.5) is 18.0 Å².